The fourth-order valence-electron chi connectivity index (χ4n) is 3.45. The Morgan fingerprint density at radius 1 is 1.39 bits per heavy atom. The van der Waals surface area contributed by atoms with Crippen LogP contribution in [0.15, 0.2) is 0 Å². The molecule has 5 nitrogen and oxygen atoms in total. The van der Waals surface area contributed by atoms with Gasteiger partial charge in [-0.25, -0.2) is 0 Å². The van der Waals surface area contributed by atoms with Crippen LogP contribution in [0.4, 0.5) is 0 Å². The molecule has 1 unspecified atom stereocenters. The summed E-state index contributed by atoms with van der Waals surface area (Å²) in [5, 5.41) is 7.94. The van der Waals surface area contributed by atoms with Crippen molar-refractivity contribution in [2.24, 2.45) is 5.92 Å². The number of nitrogens with zero attached hydrogens (tertiary/aromatic N) is 3. The van der Waals surface area contributed by atoms with E-state index in [4.69, 9.17) is 0 Å². The van der Waals surface area contributed by atoms with Crippen molar-refractivity contribution in [2.75, 3.05) is 20.1 Å². The van der Waals surface area contributed by atoms with Gasteiger partial charge >= 0.3 is 0 Å². The molecule has 1 fully saturated rings. The van der Waals surface area contributed by atoms with E-state index in [1.165, 1.54) is 17.7 Å². The Hall–Kier alpha value is -1.36. The standard InChI is InChI=1S/C18H32N4O/c1-13(2)11-22-15(4)17(14(3)20-22)8-9-18(23)21-10-6-7-16(12-21)19-5/h13,16,19H,6-12H2,1-5H3. The molecule has 0 spiro atoms. The lowest BCUT2D eigenvalue weighted by Gasteiger charge is -2.32. The molecule has 23 heavy (non-hydrogen) atoms. The highest BCUT2D eigenvalue weighted by Gasteiger charge is 2.23. The summed E-state index contributed by atoms with van der Waals surface area (Å²) in [6.45, 7) is 11.3. The molecule has 130 valence electrons. The minimum atomic E-state index is 0.278. The predicted molar refractivity (Wildman–Crippen MR) is 93.5 cm³/mol. The second-order valence-electron chi connectivity index (χ2n) is 7.19. The lowest BCUT2D eigenvalue weighted by Crippen LogP contribution is -2.47. The first-order chi connectivity index (χ1) is 10.9. The van der Waals surface area contributed by atoms with Gasteiger partial charge < -0.3 is 10.2 Å². The van der Waals surface area contributed by atoms with Gasteiger partial charge in [-0.15, -0.1) is 0 Å². The SMILES string of the molecule is CNC1CCCN(C(=O)CCc2c(C)nn(CC(C)C)c2C)C1. The molecule has 1 N–H and O–H groups in total. The highest BCUT2D eigenvalue weighted by atomic mass is 16.2. The van der Waals surface area contributed by atoms with Crippen LogP contribution in [0.1, 0.15) is 50.1 Å². The summed E-state index contributed by atoms with van der Waals surface area (Å²) >= 11 is 0. The van der Waals surface area contributed by atoms with Gasteiger partial charge in [0.25, 0.3) is 0 Å². The number of aryl methyl sites for hydroxylation is 1. The third-order valence-corrected chi connectivity index (χ3v) is 4.84. The van der Waals surface area contributed by atoms with Gasteiger partial charge in [-0.05, 0) is 51.6 Å². The number of nitrogens with one attached hydrogen (secondary N) is 1. The monoisotopic (exact) mass is 320 g/mol. The minimum absolute atomic E-state index is 0.278. The molecule has 0 bridgehead atoms. The van der Waals surface area contributed by atoms with Crippen molar-refractivity contribution in [3.63, 3.8) is 0 Å². The van der Waals surface area contributed by atoms with Crippen LogP contribution in [0.25, 0.3) is 0 Å². The van der Waals surface area contributed by atoms with Gasteiger partial charge in [-0.1, -0.05) is 13.8 Å². The van der Waals surface area contributed by atoms with Crippen LogP contribution >= 0.6 is 0 Å². The lowest BCUT2D eigenvalue weighted by atomic mass is 10.0. The maximum atomic E-state index is 12.5. The van der Waals surface area contributed by atoms with E-state index in [0.717, 1.165) is 38.2 Å². The zero-order valence-electron chi connectivity index (χ0n) is 15.4. The first-order valence-electron chi connectivity index (χ1n) is 8.90. The number of aromatic nitrogens is 2. The number of carbonyl (C=O) groups excluding carboxylic acids is 1. The number of piperidine rings is 1. The quantitative estimate of drug-likeness (QED) is 0.875. The van der Waals surface area contributed by atoms with Gasteiger partial charge in [0.2, 0.25) is 5.91 Å². The topological polar surface area (TPSA) is 50.2 Å². The van der Waals surface area contributed by atoms with Crippen molar-refractivity contribution >= 4 is 5.91 Å². The molecule has 0 aliphatic carbocycles. The zero-order chi connectivity index (χ0) is 17.0. The summed E-state index contributed by atoms with van der Waals surface area (Å²) in [6.07, 6.45) is 3.66. The average Bonchev–Trinajstić information content (AvgIpc) is 2.78. The number of rotatable bonds is 6. The number of hydrogen-bond donors (Lipinski definition) is 1. The molecule has 1 aliphatic heterocycles. The van der Waals surface area contributed by atoms with E-state index in [1.54, 1.807) is 0 Å². The summed E-state index contributed by atoms with van der Waals surface area (Å²) in [4.78, 5) is 14.5. The Morgan fingerprint density at radius 3 is 2.78 bits per heavy atom. The van der Waals surface area contributed by atoms with Crippen LogP contribution in [0.2, 0.25) is 0 Å². The number of carbonyl (C=O) groups is 1. The molecule has 1 saturated heterocycles. The highest BCUT2D eigenvalue weighted by molar-refractivity contribution is 5.76. The summed E-state index contributed by atoms with van der Waals surface area (Å²) in [6, 6.07) is 0.449. The molecule has 1 aromatic heterocycles. The summed E-state index contributed by atoms with van der Waals surface area (Å²) in [5.41, 5.74) is 3.54. The predicted octanol–water partition coefficient (Wildman–Crippen LogP) is 2.30. The van der Waals surface area contributed by atoms with Gasteiger partial charge in [0, 0.05) is 37.8 Å². The Kier molecular flexibility index (Phi) is 6.22. The molecular weight excluding hydrogens is 288 g/mol. The molecular formula is C18H32N4O. The molecule has 0 saturated carbocycles. The molecule has 2 heterocycles. The van der Waals surface area contributed by atoms with E-state index < -0.39 is 0 Å². The van der Waals surface area contributed by atoms with Gasteiger partial charge in [0.1, 0.15) is 0 Å². The largest absolute Gasteiger partial charge is 0.341 e. The van der Waals surface area contributed by atoms with Crippen LogP contribution in [0, 0.1) is 19.8 Å². The highest BCUT2D eigenvalue weighted by Crippen LogP contribution is 2.18. The molecule has 0 radical (unpaired) electrons. The normalized spacial score (nSPS) is 18.7. The minimum Gasteiger partial charge on any atom is -0.341 e. The van der Waals surface area contributed by atoms with E-state index in [-0.39, 0.29) is 5.91 Å². The molecule has 1 aromatic rings. The Bertz CT molecular complexity index is 535. The van der Waals surface area contributed by atoms with E-state index in [9.17, 15) is 4.79 Å². The first kappa shape index (κ1) is 18.0. The zero-order valence-corrected chi connectivity index (χ0v) is 15.4. The first-order valence-corrected chi connectivity index (χ1v) is 8.90. The Balaban J connectivity index is 1.95. The summed E-state index contributed by atoms with van der Waals surface area (Å²) in [5.74, 6) is 0.856. The van der Waals surface area contributed by atoms with Gasteiger partial charge in [-0.3, -0.25) is 9.48 Å². The van der Waals surface area contributed by atoms with Gasteiger partial charge in [-0.2, -0.15) is 5.10 Å². The Labute approximate surface area is 140 Å². The van der Waals surface area contributed by atoms with Crippen molar-refractivity contribution in [3.05, 3.63) is 17.0 Å². The summed E-state index contributed by atoms with van der Waals surface area (Å²) < 4.78 is 2.09. The molecule has 2 rings (SSSR count). The van der Waals surface area contributed by atoms with Crippen molar-refractivity contribution in [1.82, 2.24) is 20.0 Å². The molecule has 5 heteroatoms. The van der Waals surface area contributed by atoms with Crippen LogP contribution in [0.5, 0.6) is 0 Å². The number of likely N-dealkylation sites (N-methyl/N-ethyl adjacent to an activating group) is 1. The van der Waals surface area contributed by atoms with Crippen LogP contribution < -0.4 is 5.32 Å². The fourth-order valence-corrected chi connectivity index (χ4v) is 3.45. The van der Waals surface area contributed by atoms with E-state index in [2.05, 4.69) is 42.8 Å². The molecule has 0 aromatic carbocycles. The maximum Gasteiger partial charge on any atom is 0.222 e. The van der Waals surface area contributed by atoms with E-state index in [1.807, 2.05) is 11.9 Å². The average molecular weight is 320 g/mol. The third kappa shape index (κ3) is 4.56. The summed E-state index contributed by atoms with van der Waals surface area (Å²) in [7, 11) is 1.98. The van der Waals surface area contributed by atoms with Crippen LogP contribution in [-0.2, 0) is 17.8 Å². The number of hydrogen-bond acceptors (Lipinski definition) is 3. The van der Waals surface area contributed by atoms with Crippen LogP contribution in [-0.4, -0.2) is 46.8 Å². The van der Waals surface area contributed by atoms with Crippen LogP contribution in [0.3, 0.4) is 0 Å². The van der Waals surface area contributed by atoms with Crippen molar-refractivity contribution in [1.29, 1.82) is 0 Å². The van der Waals surface area contributed by atoms with Crippen molar-refractivity contribution in [2.45, 2.75) is 66.0 Å². The maximum absolute atomic E-state index is 12.5. The second kappa shape index (κ2) is 7.95. The Morgan fingerprint density at radius 2 is 2.13 bits per heavy atom. The molecule has 1 atom stereocenters. The second-order valence-corrected chi connectivity index (χ2v) is 7.19. The van der Waals surface area contributed by atoms with Gasteiger partial charge in [0.15, 0.2) is 0 Å². The third-order valence-electron chi connectivity index (χ3n) is 4.84. The molecule has 1 amide bonds. The molecule has 1 aliphatic rings. The van der Waals surface area contributed by atoms with E-state index >= 15 is 0 Å². The number of likely N-dealkylation sites (tertiary alicyclic amines) is 1. The smallest absolute Gasteiger partial charge is 0.222 e. The lowest BCUT2D eigenvalue weighted by molar-refractivity contribution is -0.132. The number of amides is 1. The van der Waals surface area contributed by atoms with Crippen molar-refractivity contribution in [3.8, 4) is 0 Å². The van der Waals surface area contributed by atoms with Crippen molar-refractivity contribution < 1.29 is 4.79 Å². The van der Waals surface area contributed by atoms with E-state index in [0.29, 0.717) is 18.4 Å². The van der Waals surface area contributed by atoms with Gasteiger partial charge in [0.05, 0.1) is 5.69 Å². The fraction of sp³-hybridized carbons (Fsp3) is 0.778.